The van der Waals surface area contributed by atoms with E-state index in [1.807, 2.05) is 6.92 Å². The number of para-hydroxylation sites is 1. The summed E-state index contributed by atoms with van der Waals surface area (Å²) in [5, 5.41) is 6.52. The highest BCUT2D eigenvalue weighted by molar-refractivity contribution is 6.03. The molecular weight excluding hydrogens is 362 g/mol. The van der Waals surface area contributed by atoms with Crippen molar-refractivity contribution in [1.82, 2.24) is 5.43 Å². The molecule has 0 unspecified atom stereocenters. The lowest BCUT2D eigenvalue weighted by Gasteiger charge is -2.11. The van der Waals surface area contributed by atoms with E-state index >= 15 is 0 Å². The van der Waals surface area contributed by atoms with Crippen LogP contribution in [0.15, 0.2) is 47.6 Å². The SMILES string of the molecule is CCOc1c(C=NNC(=O)CC(=O)Nc2cccc(OC)c2)cccc1OC. The van der Waals surface area contributed by atoms with E-state index in [0.29, 0.717) is 35.1 Å². The van der Waals surface area contributed by atoms with Crippen LogP contribution in [0, 0.1) is 0 Å². The minimum atomic E-state index is -0.544. The first kappa shape index (κ1) is 20.8. The number of amides is 2. The number of ether oxygens (including phenoxy) is 3. The van der Waals surface area contributed by atoms with Crippen molar-refractivity contribution >= 4 is 23.7 Å². The Hall–Kier alpha value is -3.55. The van der Waals surface area contributed by atoms with Crippen molar-refractivity contribution in [2.45, 2.75) is 13.3 Å². The van der Waals surface area contributed by atoms with Crippen LogP contribution in [0.25, 0.3) is 0 Å². The monoisotopic (exact) mass is 385 g/mol. The van der Waals surface area contributed by atoms with Crippen LogP contribution in [-0.4, -0.2) is 38.9 Å². The first-order chi connectivity index (χ1) is 13.6. The Kier molecular flexibility index (Phi) is 7.83. The van der Waals surface area contributed by atoms with E-state index < -0.39 is 11.8 Å². The van der Waals surface area contributed by atoms with Crippen molar-refractivity contribution in [2.24, 2.45) is 5.10 Å². The third kappa shape index (κ3) is 6.01. The average molecular weight is 385 g/mol. The molecule has 2 aromatic carbocycles. The maximum absolute atomic E-state index is 12.0. The molecule has 0 bridgehead atoms. The number of hydrogen-bond donors (Lipinski definition) is 2. The highest BCUT2D eigenvalue weighted by atomic mass is 16.5. The first-order valence-electron chi connectivity index (χ1n) is 8.63. The molecular formula is C20H23N3O5. The van der Waals surface area contributed by atoms with E-state index in [9.17, 15) is 9.59 Å². The Bertz CT molecular complexity index is 851. The molecule has 0 aromatic heterocycles. The van der Waals surface area contributed by atoms with Gasteiger partial charge in [-0.2, -0.15) is 5.10 Å². The molecule has 0 saturated carbocycles. The zero-order valence-electron chi connectivity index (χ0n) is 16.0. The highest BCUT2D eigenvalue weighted by Crippen LogP contribution is 2.29. The van der Waals surface area contributed by atoms with Gasteiger partial charge in [-0.15, -0.1) is 0 Å². The molecule has 8 nitrogen and oxygen atoms in total. The standard InChI is InChI=1S/C20H23N3O5/c1-4-28-20-14(7-5-10-17(20)27-3)13-21-23-19(25)12-18(24)22-15-8-6-9-16(11-15)26-2/h5-11,13H,4,12H2,1-3H3,(H,22,24)(H,23,25). The lowest BCUT2D eigenvalue weighted by atomic mass is 10.2. The zero-order chi connectivity index (χ0) is 20.4. The molecule has 0 heterocycles. The van der Waals surface area contributed by atoms with Crippen molar-refractivity contribution in [3.8, 4) is 17.2 Å². The highest BCUT2D eigenvalue weighted by Gasteiger charge is 2.11. The Morgan fingerprint density at radius 2 is 1.86 bits per heavy atom. The summed E-state index contributed by atoms with van der Waals surface area (Å²) in [7, 11) is 3.08. The van der Waals surface area contributed by atoms with Crippen molar-refractivity contribution in [3.63, 3.8) is 0 Å². The number of nitrogens with one attached hydrogen (secondary N) is 2. The van der Waals surface area contributed by atoms with Crippen molar-refractivity contribution in [2.75, 3.05) is 26.1 Å². The predicted molar refractivity (Wildman–Crippen MR) is 106 cm³/mol. The molecule has 2 N–H and O–H groups in total. The molecule has 0 radical (unpaired) electrons. The van der Waals surface area contributed by atoms with Crippen LogP contribution in [0.3, 0.4) is 0 Å². The molecule has 0 saturated heterocycles. The maximum atomic E-state index is 12.0. The van der Waals surface area contributed by atoms with E-state index in [4.69, 9.17) is 14.2 Å². The van der Waals surface area contributed by atoms with Gasteiger partial charge in [0.15, 0.2) is 11.5 Å². The zero-order valence-corrected chi connectivity index (χ0v) is 16.0. The Balaban J connectivity index is 1.92. The molecule has 2 rings (SSSR count). The van der Waals surface area contributed by atoms with Crippen molar-refractivity contribution < 1.29 is 23.8 Å². The summed E-state index contributed by atoms with van der Waals surface area (Å²) in [6.07, 6.45) is 1.07. The number of hydrazone groups is 1. The van der Waals surface area contributed by atoms with E-state index in [-0.39, 0.29) is 6.42 Å². The number of benzene rings is 2. The molecule has 0 aliphatic carbocycles. The molecule has 8 heteroatoms. The first-order valence-corrected chi connectivity index (χ1v) is 8.63. The second-order valence-corrected chi connectivity index (χ2v) is 5.56. The number of carbonyl (C=O) groups is 2. The van der Waals surface area contributed by atoms with E-state index in [1.165, 1.54) is 13.3 Å². The lowest BCUT2D eigenvalue weighted by molar-refractivity contribution is -0.126. The number of hydrogen-bond acceptors (Lipinski definition) is 6. The number of anilines is 1. The summed E-state index contributed by atoms with van der Waals surface area (Å²) in [4.78, 5) is 23.9. The van der Waals surface area contributed by atoms with E-state index in [2.05, 4.69) is 15.8 Å². The van der Waals surface area contributed by atoms with Gasteiger partial charge in [0.25, 0.3) is 0 Å². The third-order valence-electron chi connectivity index (χ3n) is 3.59. The van der Waals surface area contributed by atoms with Gasteiger partial charge in [0, 0.05) is 17.3 Å². The summed E-state index contributed by atoms with van der Waals surface area (Å²) in [6.45, 7) is 2.31. The Morgan fingerprint density at radius 3 is 2.57 bits per heavy atom. The normalized spacial score (nSPS) is 10.4. The average Bonchev–Trinajstić information content (AvgIpc) is 2.69. The van der Waals surface area contributed by atoms with Gasteiger partial charge in [0.2, 0.25) is 11.8 Å². The molecule has 148 valence electrons. The van der Waals surface area contributed by atoms with Crippen LogP contribution >= 0.6 is 0 Å². The van der Waals surface area contributed by atoms with Gasteiger partial charge in [0.05, 0.1) is 27.0 Å². The molecule has 2 aromatic rings. The van der Waals surface area contributed by atoms with Crippen LogP contribution < -0.4 is 25.0 Å². The van der Waals surface area contributed by atoms with Crippen LogP contribution in [-0.2, 0) is 9.59 Å². The summed E-state index contributed by atoms with van der Waals surface area (Å²) in [6, 6.07) is 12.2. The summed E-state index contributed by atoms with van der Waals surface area (Å²) in [5.74, 6) is 0.696. The number of rotatable bonds is 9. The smallest absolute Gasteiger partial charge is 0.249 e. The molecule has 0 atom stereocenters. The number of methoxy groups -OCH3 is 2. The van der Waals surface area contributed by atoms with E-state index in [0.717, 1.165) is 0 Å². The van der Waals surface area contributed by atoms with Gasteiger partial charge < -0.3 is 19.5 Å². The number of carbonyl (C=O) groups excluding carboxylic acids is 2. The second-order valence-electron chi connectivity index (χ2n) is 5.56. The molecule has 0 spiro atoms. The quantitative estimate of drug-likeness (QED) is 0.393. The minimum Gasteiger partial charge on any atom is -0.497 e. The lowest BCUT2D eigenvalue weighted by Crippen LogP contribution is -2.24. The van der Waals surface area contributed by atoms with Gasteiger partial charge in [-0.25, -0.2) is 5.43 Å². The van der Waals surface area contributed by atoms with E-state index in [1.54, 1.807) is 49.6 Å². The topological polar surface area (TPSA) is 98.2 Å². The summed E-state index contributed by atoms with van der Waals surface area (Å²) >= 11 is 0. The van der Waals surface area contributed by atoms with Crippen molar-refractivity contribution in [3.05, 3.63) is 48.0 Å². The second kappa shape index (κ2) is 10.6. The Labute approximate surface area is 163 Å². The fourth-order valence-corrected chi connectivity index (χ4v) is 2.36. The van der Waals surface area contributed by atoms with Crippen LogP contribution in [0.5, 0.6) is 17.2 Å². The van der Waals surface area contributed by atoms with Gasteiger partial charge >= 0.3 is 0 Å². The number of nitrogens with zero attached hydrogens (tertiary/aromatic N) is 1. The molecule has 0 aliphatic rings. The van der Waals surface area contributed by atoms with Crippen LogP contribution in [0.4, 0.5) is 5.69 Å². The molecule has 0 fully saturated rings. The Morgan fingerprint density at radius 1 is 1.07 bits per heavy atom. The van der Waals surface area contributed by atoms with Crippen molar-refractivity contribution in [1.29, 1.82) is 0 Å². The van der Waals surface area contributed by atoms with Gasteiger partial charge in [-0.05, 0) is 31.2 Å². The van der Waals surface area contributed by atoms with Gasteiger partial charge in [0.1, 0.15) is 12.2 Å². The maximum Gasteiger partial charge on any atom is 0.249 e. The minimum absolute atomic E-state index is 0.370. The van der Waals surface area contributed by atoms with Crippen LogP contribution in [0.2, 0.25) is 0 Å². The van der Waals surface area contributed by atoms with Crippen LogP contribution in [0.1, 0.15) is 18.9 Å². The molecule has 2 amide bonds. The fourth-order valence-electron chi connectivity index (χ4n) is 2.36. The summed E-state index contributed by atoms with van der Waals surface area (Å²) < 4.78 is 15.9. The van der Waals surface area contributed by atoms with Gasteiger partial charge in [-0.1, -0.05) is 12.1 Å². The largest absolute Gasteiger partial charge is 0.497 e. The summed E-state index contributed by atoms with van der Waals surface area (Å²) in [5.41, 5.74) is 3.51. The molecule has 28 heavy (non-hydrogen) atoms. The third-order valence-corrected chi connectivity index (χ3v) is 3.59. The van der Waals surface area contributed by atoms with Gasteiger partial charge in [-0.3, -0.25) is 9.59 Å². The molecule has 0 aliphatic heterocycles. The predicted octanol–water partition coefficient (Wildman–Crippen LogP) is 2.58. The fraction of sp³-hybridized carbons (Fsp3) is 0.250.